The molecule has 37 heavy (non-hydrogen) atoms. The van der Waals surface area contributed by atoms with Crippen LogP contribution in [0.5, 0.6) is 0 Å². The van der Waals surface area contributed by atoms with Gasteiger partial charge >= 0.3 is 0 Å². The quantitative estimate of drug-likeness (QED) is 0.573. The molecule has 0 bridgehead atoms. The van der Waals surface area contributed by atoms with E-state index < -0.39 is 6.04 Å². The SMILES string of the molecule is CN1CCC(C2CN([C@H]3CCCC[C@@H]3OC3=CC=C4C(=O)N(C5CCC(=O)NC5=O)CC4(C)C3)C2)CC1. The van der Waals surface area contributed by atoms with Crippen molar-refractivity contribution in [2.45, 2.75) is 82.9 Å². The normalized spacial score (nSPS) is 36.5. The number of amides is 3. The number of rotatable bonds is 5. The maximum absolute atomic E-state index is 13.2. The van der Waals surface area contributed by atoms with Crippen molar-refractivity contribution in [3.05, 3.63) is 23.5 Å². The van der Waals surface area contributed by atoms with Crippen LogP contribution >= 0.6 is 0 Å². The Labute approximate surface area is 220 Å². The molecule has 1 N–H and O–H groups in total. The van der Waals surface area contributed by atoms with Crippen molar-refractivity contribution in [1.82, 2.24) is 20.0 Å². The minimum absolute atomic E-state index is 0.0802. The van der Waals surface area contributed by atoms with Crippen LogP contribution in [0.3, 0.4) is 0 Å². The van der Waals surface area contributed by atoms with E-state index in [2.05, 4.69) is 29.1 Å². The third-order valence-corrected chi connectivity index (χ3v) is 10.1. The summed E-state index contributed by atoms with van der Waals surface area (Å²) in [7, 11) is 2.24. The number of carbonyl (C=O) groups excluding carboxylic acids is 3. The molecule has 0 aromatic heterocycles. The zero-order chi connectivity index (χ0) is 25.7. The van der Waals surface area contributed by atoms with Crippen molar-refractivity contribution in [2.75, 3.05) is 39.8 Å². The van der Waals surface area contributed by atoms with Crippen molar-refractivity contribution in [2.24, 2.45) is 17.3 Å². The number of fused-ring (bicyclic) bond motifs is 1. The van der Waals surface area contributed by atoms with Crippen molar-refractivity contribution < 1.29 is 19.1 Å². The van der Waals surface area contributed by atoms with Gasteiger partial charge in [-0.1, -0.05) is 13.3 Å². The predicted molar refractivity (Wildman–Crippen MR) is 139 cm³/mol. The summed E-state index contributed by atoms with van der Waals surface area (Å²) in [5, 5.41) is 2.40. The summed E-state index contributed by atoms with van der Waals surface area (Å²) < 4.78 is 6.74. The second-order valence-electron chi connectivity index (χ2n) is 12.7. The number of imide groups is 1. The summed E-state index contributed by atoms with van der Waals surface area (Å²) in [6, 6.07) is -0.0786. The molecule has 4 heterocycles. The second kappa shape index (κ2) is 9.84. The lowest BCUT2D eigenvalue weighted by molar-refractivity contribution is -0.142. The molecule has 5 fully saturated rings. The Morgan fingerprint density at radius 1 is 0.973 bits per heavy atom. The van der Waals surface area contributed by atoms with Gasteiger partial charge in [0.25, 0.3) is 5.91 Å². The van der Waals surface area contributed by atoms with Gasteiger partial charge in [-0.05, 0) is 82.6 Å². The van der Waals surface area contributed by atoms with Crippen molar-refractivity contribution in [3.8, 4) is 0 Å². The first-order valence-corrected chi connectivity index (χ1v) is 14.5. The molecule has 4 aliphatic heterocycles. The molecule has 202 valence electrons. The van der Waals surface area contributed by atoms with E-state index in [9.17, 15) is 14.4 Å². The van der Waals surface area contributed by atoms with Crippen molar-refractivity contribution in [3.63, 3.8) is 0 Å². The van der Waals surface area contributed by atoms with Crippen molar-refractivity contribution in [1.29, 1.82) is 0 Å². The molecule has 6 rings (SSSR count). The van der Waals surface area contributed by atoms with E-state index >= 15 is 0 Å². The first-order valence-electron chi connectivity index (χ1n) is 14.5. The van der Waals surface area contributed by atoms with Crippen LogP contribution in [0.1, 0.15) is 64.7 Å². The van der Waals surface area contributed by atoms with E-state index in [0.29, 0.717) is 25.4 Å². The van der Waals surface area contributed by atoms with Crippen LogP contribution in [-0.4, -0.2) is 90.4 Å². The number of ether oxygens (including phenoxy) is 1. The first kappa shape index (κ1) is 25.1. The van der Waals surface area contributed by atoms with E-state index in [0.717, 1.165) is 29.6 Å². The van der Waals surface area contributed by atoms with Gasteiger partial charge in [-0.25, -0.2) is 0 Å². The minimum atomic E-state index is -0.565. The van der Waals surface area contributed by atoms with E-state index in [1.165, 1.54) is 58.3 Å². The molecule has 4 saturated heterocycles. The van der Waals surface area contributed by atoms with Gasteiger partial charge < -0.3 is 14.5 Å². The van der Waals surface area contributed by atoms with Gasteiger partial charge in [0.05, 0.1) is 5.76 Å². The third-order valence-electron chi connectivity index (χ3n) is 10.1. The summed E-state index contributed by atoms with van der Waals surface area (Å²) in [5.41, 5.74) is 0.386. The van der Waals surface area contributed by atoms with Gasteiger partial charge in [-0.15, -0.1) is 0 Å². The molecule has 0 spiro atoms. The number of nitrogens with zero attached hydrogens (tertiary/aromatic N) is 3. The molecule has 0 aromatic rings. The molecule has 3 amide bonds. The largest absolute Gasteiger partial charge is 0.493 e. The van der Waals surface area contributed by atoms with E-state index in [4.69, 9.17) is 4.74 Å². The Hall–Kier alpha value is -2.19. The van der Waals surface area contributed by atoms with E-state index in [1.54, 1.807) is 4.90 Å². The van der Waals surface area contributed by atoms with Crippen LogP contribution in [-0.2, 0) is 19.1 Å². The first-order chi connectivity index (χ1) is 17.8. The molecule has 0 radical (unpaired) electrons. The Bertz CT molecular complexity index is 1010. The highest BCUT2D eigenvalue weighted by atomic mass is 16.5. The van der Waals surface area contributed by atoms with Crippen LogP contribution in [0.2, 0.25) is 0 Å². The average molecular weight is 511 g/mol. The van der Waals surface area contributed by atoms with Crippen molar-refractivity contribution >= 4 is 17.7 Å². The fraction of sp³-hybridized carbons (Fsp3) is 0.759. The number of hydrogen-bond donors (Lipinski definition) is 1. The van der Waals surface area contributed by atoms with Crippen LogP contribution in [0.15, 0.2) is 23.5 Å². The number of allylic oxidation sites excluding steroid dienone is 3. The van der Waals surface area contributed by atoms with Crippen LogP contribution in [0, 0.1) is 17.3 Å². The van der Waals surface area contributed by atoms with E-state index in [1.807, 2.05) is 12.2 Å². The van der Waals surface area contributed by atoms with Gasteiger partial charge in [0, 0.05) is 49.5 Å². The fourth-order valence-corrected chi connectivity index (χ4v) is 7.75. The maximum atomic E-state index is 13.2. The molecule has 6 aliphatic rings. The van der Waals surface area contributed by atoms with Crippen LogP contribution in [0.25, 0.3) is 0 Å². The fourth-order valence-electron chi connectivity index (χ4n) is 7.75. The Morgan fingerprint density at radius 3 is 2.49 bits per heavy atom. The lowest BCUT2D eigenvalue weighted by Gasteiger charge is -2.51. The maximum Gasteiger partial charge on any atom is 0.251 e. The number of hydrogen-bond acceptors (Lipinski definition) is 6. The predicted octanol–water partition coefficient (Wildman–Crippen LogP) is 2.46. The van der Waals surface area contributed by atoms with Gasteiger partial charge in [0.1, 0.15) is 12.1 Å². The van der Waals surface area contributed by atoms with Gasteiger partial charge in [0.2, 0.25) is 11.8 Å². The Morgan fingerprint density at radius 2 is 1.73 bits per heavy atom. The number of carbonyl (C=O) groups is 3. The summed E-state index contributed by atoms with van der Waals surface area (Å²) in [6.07, 6.45) is 12.9. The molecule has 0 aromatic carbocycles. The molecule has 4 atom stereocenters. The van der Waals surface area contributed by atoms with Gasteiger partial charge in [-0.2, -0.15) is 0 Å². The van der Waals surface area contributed by atoms with E-state index in [-0.39, 0.29) is 35.7 Å². The summed E-state index contributed by atoms with van der Waals surface area (Å²) in [4.78, 5) is 44.1. The highest BCUT2D eigenvalue weighted by Crippen LogP contribution is 2.46. The lowest BCUT2D eigenvalue weighted by atomic mass is 9.77. The zero-order valence-electron chi connectivity index (χ0n) is 22.4. The van der Waals surface area contributed by atoms with Crippen LogP contribution < -0.4 is 5.32 Å². The highest BCUT2D eigenvalue weighted by molar-refractivity contribution is 6.05. The standard InChI is InChI=1S/C29H42N4O4/c1-29-15-21(7-8-22(29)28(36)33(18-29)24-9-10-26(34)30-27(24)35)37-25-6-4-3-5-23(25)32-16-20(17-32)19-11-13-31(2)14-12-19/h7-8,19-20,23-25H,3-6,9-18H2,1-2H3,(H,30,34,35)/t23-,24?,25-,29?/m0/s1. The van der Waals surface area contributed by atoms with Gasteiger partial charge in [0.15, 0.2) is 0 Å². The molecular formula is C29H42N4O4. The molecular weight excluding hydrogens is 468 g/mol. The number of likely N-dealkylation sites (tertiary alicyclic amines) is 3. The minimum Gasteiger partial charge on any atom is -0.493 e. The number of piperidine rings is 2. The van der Waals surface area contributed by atoms with Crippen LogP contribution in [0.4, 0.5) is 0 Å². The monoisotopic (exact) mass is 510 g/mol. The molecule has 8 heteroatoms. The Balaban J connectivity index is 1.07. The van der Waals surface area contributed by atoms with Gasteiger partial charge in [-0.3, -0.25) is 24.6 Å². The third kappa shape index (κ3) is 4.76. The molecule has 8 nitrogen and oxygen atoms in total. The summed E-state index contributed by atoms with van der Waals surface area (Å²) in [6.45, 7) is 7.51. The smallest absolute Gasteiger partial charge is 0.251 e. The topological polar surface area (TPSA) is 82.2 Å². The average Bonchev–Trinajstić information content (AvgIpc) is 3.10. The molecule has 2 aliphatic carbocycles. The number of nitrogens with one attached hydrogen (secondary N) is 1. The lowest BCUT2D eigenvalue weighted by Crippen LogP contribution is -2.59. The summed E-state index contributed by atoms with van der Waals surface area (Å²) in [5.74, 6) is 2.01. The Kier molecular flexibility index (Phi) is 6.68. The molecule has 2 unspecified atom stereocenters. The summed E-state index contributed by atoms with van der Waals surface area (Å²) >= 11 is 0. The second-order valence-corrected chi connectivity index (χ2v) is 12.7. The zero-order valence-corrected chi connectivity index (χ0v) is 22.4. The molecule has 1 saturated carbocycles. The highest BCUT2D eigenvalue weighted by Gasteiger charge is 2.51.